The van der Waals surface area contributed by atoms with Gasteiger partial charge in [0.25, 0.3) is 0 Å². The summed E-state index contributed by atoms with van der Waals surface area (Å²) < 4.78 is 16.9. The summed E-state index contributed by atoms with van der Waals surface area (Å²) in [5.41, 5.74) is 0. The Kier molecular flexibility index (Phi) is 49.6. The van der Waals surface area contributed by atoms with Gasteiger partial charge in [-0.05, 0) is 31.1 Å². The van der Waals surface area contributed by atoms with Gasteiger partial charge in [-0.3, -0.25) is 14.4 Å². The van der Waals surface area contributed by atoms with E-state index in [4.69, 9.17) is 14.2 Å². The maximum Gasteiger partial charge on any atom is 0.306 e. The van der Waals surface area contributed by atoms with Crippen LogP contribution in [-0.4, -0.2) is 37.2 Å². The van der Waals surface area contributed by atoms with Crippen LogP contribution >= 0.6 is 0 Å². The van der Waals surface area contributed by atoms with Gasteiger partial charge in [-0.25, -0.2) is 0 Å². The van der Waals surface area contributed by atoms with Crippen LogP contribution in [-0.2, 0) is 28.6 Å². The molecule has 0 heterocycles. The molecule has 0 aromatic rings. The Morgan fingerprint density at radius 1 is 0.297 bits per heavy atom. The molecule has 0 unspecified atom stereocenters. The number of ether oxygens (including phenoxy) is 3. The molecule has 64 heavy (non-hydrogen) atoms. The molecule has 1 atom stereocenters. The Hall–Kier alpha value is -1.59. The molecule has 0 bridgehead atoms. The van der Waals surface area contributed by atoms with E-state index in [9.17, 15) is 14.4 Å². The summed E-state index contributed by atoms with van der Waals surface area (Å²) in [5, 5.41) is 0. The van der Waals surface area contributed by atoms with Crippen LogP contribution in [0.25, 0.3) is 0 Å². The second-order valence-electron chi connectivity index (χ2n) is 20.9. The van der Waals surface area contributed by atoms with Crippen LogP contribution in [0.4, 0.5) is 0 Å². The average molecular weight is 906 g/mol. The third kappa shape index (κ3) is 51.4. The number of carbonyl (C=O) groups excluding carboxylic acids is 3. The lowest BCUT2D eigenvalue weighted by molar-refractivity contribution is -0.167. The molecule has 0 spiro atoms. The molecule has 380 valence electrons. The molecule has 0 fully saturated rings. The summed E-state index contributed by atoms with van der Waals surface area (Å²) in [6.07, 6.45) is 53.7. The van der Waals surface area contributed by atoms with Gasteiger partial charge in [0.05, 0.1) is 0 Å². The van der Waals surface area contributed by atoms with E-state index in [0.717, 1.165) is 69.6 Å². The predicted octanol–water partition coefficient (Wildman–Crippen LogP) is 18.9. The van der Waals surface area contributed by atoms with E-state index in [0.29, 0.717) is 19.3 Å². The van der Waals surface area contributed by atoms with E-state index in [-0.39, 0.29) is 31.1 Å². The topological polar surface area (TPSA) is 78.9 Å². The van der Waals surface area contributed by atoms with Gasteiger partial charge in [0.2, 0.25) is 0 Å². The van der Waals surface area contributed by atoms with E-state index in [1.54, 1.807) is 0 Å². The normalized spacial score (nSPS) is 12.0. The summed E-state index contributed by atoms with van der Waals surface area (Å²) in [5.74, 6) is 0.846. The molecular formula is C58H112O6. The third-order valence-electron chi connectivity index (χ3n) is 13.2. The first-order valence-corrected chi connectivity index (χ1v) is 28.7. The van der Waals surface area contributed by atoms with Gasteiger partial charge in [0.1, 0.15) is 13.2 Å². The molecule has 0 aliphatic heterocycles. The van der Waals surface area contributed by atoms with E-state index in [1.165, 1.54) is 212 Å². The van der Waals surface area contributed by atoms with Crippen molar-refractivity contribution in [2.24, 2.45) is 11.8 Å². The number of rotatable bonds is 52. The molecule has 6 nitrogen and oxygen atoms in total. The second kappa shape index (κ2) is 50.8. The quantitative estimate of drug-likeness (QED) is 0.0344. The van der Waals surface area contributed by atoms with Gasteiger partial charge in [-0.15, -0.1) is 0 Å². The van der Waals surface area contributed by atoms with Crippen molar-refractivity contribution in [1.29, 1.82) is 0 Å². The molecule has 0 N–H and O–H groups in total. The monoisotopic (exact) mass is 905 g/mol. The lowest BCUT2D eigenvalue weighted by Crippen LogP contribution is -2.30. The SMILES string of the molecule is CCCCCCCCCCCCCCCC(=O)O[C@@H](COC(=O)CCCCCCCCCCCCCCCCC(C)C)COC(=O)CCCCCCCCCCCCCCCC(C)C. The van der Waals surface area contributed by atoms with E-state index in [1.807, 2.05) is 0 Å². The maximum absolute atomic E-state index is 12.8. The molecule has 0 aromatic heterocycles. The standard InChI is InChI=1S/C58H112O6/c1-6-7-8-9-10-11-12-16-25-30-35-40-45-50-58(61)64-55(52-63-57(60)49-44-39-34-29-24-20-15-18-22-27-32-37-42-47-54(4)5)51-62-56(59)48-43-38-33-28-23-19-14-13-17-21-26-31-36-41-46-53(2)3/h53-55H,6-52H2,1-5H3/t55-/m0/s1. The van der Waals surface area contributed by atoms with Crippen LogP contribution in [0.15, 0.2) is 0 Å². The molecule has 0 aromatic carbocycles. The minimum absolute atomic E-state index is 0.0626. The van der Waals surface area contributed by atoms with Crippen LogP contribution < -0.4 is 0 Å². The lowest BCUT2D eigenvalue weighted by Gasteiger charge is -2.18. The molecule has 0 saturated heterocycles. The fraction of sp³-hybridized carbons (Fsp3) is 0.948. The smallest absolute Gasteiger partial charge is 0.306 e. The van der Waals surface area contributed by atoms with Gasteiger partial charge in [-0.1, -0.05) is 285 Å². The Balaban J connectivity index is 4.28. The molecule has 0 saturated carbocycles. The largest absolute Gasteiger partial charge is 0.462 e. The minimum atomic E-state index is -0.762. The summed E-state index contributed by atoms with van der Waals surface area (Å²) in [6, 6.07) is 0. The van der Waals surface area contributed by atoms with Crippen LogP contribution in [0.3, 0.4) is 0 Å². The van der Waals surface area contributed by atoms with Crippen molar-refractivity contribution in [3.05, 3.63) is 0 Å². The number of unbranched alkanes of at least 4 members (excludes halogenated alkanes) is 37. The zero-order chi connectivity index (χ0) is 46.8. The summed E-state index contributed by atoms with van der Waals surface area (Å²) in [6.45, 7) is 11.4. The lowest BCUT2D eigenvalue weighted by atomic mass is 10.0. The number of carbonyl (C=O) groups is 3. The van der Waals surface area contributed by atoms with Crippen molar-refractivity contribution in [3.63, 3.8) is 0 Å². The van der Waals surface area contributed by atoms with Crippen LogP contribution in [0.5, 0.6) is 0 Å². The van der Waals surface area contributed by atoms with Crippen molar-refractivity contribution in [2.45, 2.75) is 330 Å². The fourth-order valence-corrected chi connectivity index (χ4v) is 8.87. The summed E-state index contributed by atoms with van der Waals surface area (Å²) >= 11 is 0. The first-order chi connectivity index (χ1) is 31.2. The van der Waals surface area contributed by atoms with E-state index < -0.39 is 6.10 Å². The Labute approximate surface area is 399 Å². The predicted molar refractivity (Wildman–Crippen MR) is 275 cm³/mol. The highest BCUT2D eigenvalue weighted by atomic mass is 16.6. The summed E-state index contributed by atoms with van der Waals surface area (Å²) in [4.78, 5) is 38.1. The van der Waals surface area contributed by atoms with Crippen LogP contribution in [0.1, 0.15) is 324 Å². The molecule has 0 aliphatic rings. The molecule has 0 amide bonds. The Bertz CT molecular complexity index is 978. The molecule has 0 aliphatic carbocycles. The average Bonchev–Trinajstić information content (AvgIpc) is 3.27. The Morgan fingerprint density at radius 2 is 0.516 bits per heavy atom. The first-order valence-electron chi connectivity index (χ1n) is 28.7. The number of hydrogen-bond acceptors (Lipinski definition) is 6. The van der Waals surface area contributed by atoms with Crippen molar-refractivity contribution in [3.8, 4) is 0 Å². The van der Waals surface area contributed by atoms with Gasteiger partial charge in [-0.2, -0.15) is 0 Å². The van der Waals surface area contributed by atoms with Crippen LogP contribution in [0.2, 0.25) is 0 Å². The van der Waals surface area contributed by atoms with Crippen molar-refractivity contribution < 1.29 is 28.6 Å². The first kappa shape index (κ1) is 62.4. The zero-order valence-corrected chi connectivity index (χ0v) is 43.9. The highest BCUT2D eigenvalue weighted by Crippen LogP contribution is 2.18. The maximum atomic E-state index is 12.8. The van der Waals surface area contributed by atoms with Crippen molar-refractivity contribution >= 4 is 17.9 Å². The van der Waals surface area contributed by atoms with Crippen LogP contribution in [0, 0.1) is 11.8 Å². The number of hydrogen-bond donors (Lipinski definition) is 0. The molecule has 0 radical (unpaired) electrons. The third-order valence-corrected chi connectivity index (χ3v) is 13.2. The zero-order valence-electron chi connectivity index (χ0n) is 43.9. The highest BCUT2D eigenvalue weighted by molar-refractivity contribution is 5.71. The summed E-state index contributed by atoms with van der Waals surface area (Å²) in [7, 11) is 0. The van der Waals surface area contributed by atoms with Gasteiger partial charge >= 0.3 is 17.9 Å². The van der Waals surface area contributed by atoms with E-state index in [2.05, 4.69) is 34.6 Å². The highest BCUT2D eigenvalue weighted by Gasteiger charge is 2.19. The fourth-order valence-electron chi connectivity index (χ4n) is 8.87. The van der Waals surface area contributed by atoms with Crippen molar-refractivity contribution in [2.75, 3.05) is 13.2 Å². The van der Waals surface area contributed by atoms with Gasteiger partial charge < -0.3 is 14.2 Å². The van der Waals surface area contributed by atoms with Gasteiger partial charge in [0.15, 0.2) is 6.10 Å². The molecular weight excluding hydrogens is 793 g/mol. The van der Waals surface area contributed by atoms with Gasteiger partial charge in [0, 0.05) is 19.3 Å². The molecule has 6 heteroatoms. The molecule has 0 rings (SSSR count). The Morgan fingerprint density at radius 3 is 0.766 bits per heavy atom. The van der Waals surface area contributed by atoms with E-state index >= 15 is 0 Å². The van der Waals surface area contributed by atoms with Crippen molar-refractivity contribution in [1.82, 2.24) is 0 Å². The second-order valence-corrected chi connectivity index (χ2v) is 20.9. The minimum Gasteiger partial charge on any atom is -0.462 e. The number of esters is 3.